The van der Waals surface area contributed by atoms with Gasteiger partial charge in [0.25, 0.3) is 0 Å². The Bertz CT molecular complexity index is 498. The Hall–Kier alpha value is -2.04. The largest absolute Gasteiger partial charge is 0.480 e. The van der Waals surface area contributed by atoms with Gasteiger partial charge in [-0.1, -0.05) is 24.6 Å². The Morgan fingerprint density at radius 3 is 2.55 bits per heavy atom. The van der Waals surface area contributed by atoms with Crippen molar-refractivity contribution in [2.45, 2.75) is 32.7 Å². The summed E-state index contributed by atoms with van der Waals surface area (Å²) in [6.45, 7) is 4.47. The molecule has 5 heteroatoms. The van der Waals surface area contributed by atoms with Gasteiger partial charge >= 0.3 is 12.0 Å². The zero-order valence-corrected chi connectivity index (χ0v) is 11.8. The van der Waals surface area contributed by atoms with Crippen LogP contribution in [0.15, 0.2) is 24.3 Å². The van der Waals surface area contributed by atoms with Gasteiger partial charge in [0, 0.05) is 12.2 Å². The van der Waals surface area contributed by atoms with Gasteiger partial charge in [0.1, 0.15) is 6.04 Å². The molecule has 1 aliphatic rings. The Labute approximate surface area is 118 Å². The second kappa shape index (κ2) is 5.94. The molecule has 2 unspecified atom stereocenters. The smallest absolute Gasteiger partial charge is 0.326 e. The molecular weight excluding hydrogens is 256 g/mol. The minimum atomic E-state index is -0.935. The highest BCUT2D eigenvalue weighted by Crippen LogP contribution is 2.23. The predicted molar refractivity (Wildman–Crippen MR) is 76.7 cm³/mol. The van der Waals surface area contributed by atoms with Gasteiger partial charge in [0.15, 0.2) is 0 Å². The molecule has 1 fully saturated rings. The van der Waals surface area contributed by atoms with Crippen molar-refractivity contribution in [3.05, 3.63) is 29.8 Å². The number of carboxylic acid groups (broad SMARTS) is 1. The molecule has 0 saturated carbocycles. The van der Waals surface area contributed by atoms with E-state index in [1.807, 2.05) is 38.1 Å². The molecule has 2 rings (SSSR count). The third kappa shape index (κ3) is 3.29. The zero-order chi connectivity index (χ0) is 14.7. The first-order valence-corrected chi connectivity index (χ1v) is 6.84. The van der Waals surface area contributed by atoms with E-state index in [2.05, 4.69) is 5.32 Å². The first kappa shape index (κ1) is 14.4. The van der Waals surface area contributed by atoms with Gasteiger partial charge in [-0.15, -0.1) is 0 Å². The van der Waals surface area contributed by atoms with E-state index >= 15 is 0 Å². The van der Waals surface area contributed by atoms with E-state index in [1.165, 1.54) is 4.90 Å². The molecule has 1 saturated heterocycles. The number of anilines is 1. The van der Waals surface area contributed by atoms with Crippen LogP contribution in [0.25, 0.3) is 0 Å². The fraction of sp³-hybridized carbons (Fsp3) is 0.467. The molecule has 108 valence electrons. The number of aliphatic carboxylic acids is 1. The van der Waals surface area contributed by atoms with Crippen molar-refractivity contribution in [2.75, 3.05) is 11.9 Å². The average Bonchev–Trinajstić information content (AvgIpc) is 2.41. The SMILES string of the molecule is Cc1ccc(NC(=O)N2CCC(C)CC2C(=O)O)cc1. The molecule has 1 aromatic carbocycles. The number of aryl methyl sites for hydroxylation is 1. The zero-order valence-electron chi connectivity index (χ0n) is 11.8. The standard InChI is InChI=1S/C15H20N2O3/c1-10-3-5-12(6-4-10)16-15(20)17-8-7-11(2)9-13(17)14(18)19/h3-6,11,13H,7-9H2,1-2H3,(H,16,20)(H,18,19). The van der Waals surface area contributed by atoms with Crippen LogP contribution >= 0.6 is 0 Å². The molecule has 0 bridgehead atoms. The van der Waals surface area contributed by atoms with E-state index in [0.717, 1.165) is 12.0 Å². The van der Waals surface area contributed by atoms with Crippen LogP contribution in [0.5, 0.6) is 0 Å². The number of piperidine rings is 1. The number of hydrogen-bond acceptors (Lipinski definition) is 2. The number of amides is 2. The molecule has 1 heterocycles. The lowest BCUT2D eigenvalue weighted by Crippen LogP contribution is -2.51. The van der Waals surface area contributed by atoms with Crippen LogP contribution < -0.4 is 5.32 Å². The van der Waals surface area contributed by atoms with Crippen LogP contribution in [0.1, 0.15) is 25.3 Å². The van der Waals surface area contributed by atoms with Gasteiger partial charge in [0.05, 0.1) is 0 Å². The number of nitrogens with zero attached hydrogens (tertiary/aromatic N) is 1. The lowest BCUT2D eigenvalue weighted by molar-refractivity contribution is -0.143. The second-order valence-corrected chi connectivity index (χ2v) is 5.47. The molecule has 1 aliphatic heterocycles. The molecule has 5 nitrogen and oxygen atoms in total. The number of nitrogens with one attached hydrogen (secondary N) is 1. The number of carbonyl (C=O) groups is 2. The molecule has 2 amide bonds. The summed E-state index contributed by atoms with van der Waals surface area (Å²) in [6.07, 6.45) is 1.35. The van der Waals surface area contributed by atoms with Gasteiger partial charge in [-0.2, -0.15) is 0 Å². The highest BCUT2D eigenvalue weighted by Gasteiger charge is 2.34. The van der Waals surface area contributed by atoms with Crippen LogP contribution in [-0.4, -0.2) is 34.6 Å². The van der Waals surface area contributed by atoms with Gasteiger partial charge in [-0.25, -0.2) is 9.59 Å². The summed E-state index contributed by atoms with van der Waals surface area (Å²) in [6, 6.07) is 6.37. The van der Waals surface area contributed by atoms with E-state index in [9.17, 15) is 14.7 Å². The summed E-state index contributed by atoms with van der Waals surface area (Å²) >= 11 is 0. The summed E-state index contributed by atoms with van der Waals surface area (Å²) in [5.74, 6) is -0.602. The van der Waals surface area contributed by atoms with Crippen molar-refractivity contribution in [1.29, 1.82) is 0 Å². The number of hydrogen-bond donors (Lipinski definition) is 2. The topological polar surface area (TPSA) is 69.6 Å². The lowest BCUT2D eigenvalue weighted by Gasteiger charge is -2.35. The molecule has 0 radical (unpaired) electrons. The van der Waals surface area contributed by atoms with Gasteiger partial charge < -0.3 is 15.3 Å². The highest BCUT2D eigenvalue weighted by molar-refractivity contribution is 5.92. The van der Waals surface area contributed by atoms with Crippen molar-refractivity contribution in [1.82, 2.24) is 4.90 Å². The maximum Gasteiger partial charge on any atom is 0.326 e. The average molecular weight is 276 g/mol. The minimum absolute atomic E-state index is 0.333. The van der Waals surface area contributed by atoms with Crippen LogP contribution in [-0.2, 0) is 4.79 Å². The van der Waals surface area contributed by atoms with E-state index in [-0.39, 0.29) is 6.03 Å². The summed E-state index contributed by atoms with van der Waals surface area (Å²) in [7, 11) is 0. The van der Waals surface area contributed by atoms with Gasteiger partial charge in [-0.3, -0.25) is 0 Å². The normalized spacial score (nSPS) is 22.4. The summed E-state index contributed by atoms with van der Waals surface area (Å²) in [5.41, 5.74) is 1.79. The predicted octanol–water partition coefficient (Wildman–Crippen LogP) is 2.71. The van der Waals surface area contributed by atoms with Crippen molar-refractivity contribution in [2.24, 2.45) is 5.92 Å². The van der Waals surface area contributed by atoms with Gasteiger partial charge in [-0.05, 0) is 37.8 Å². The molecule has 1 aromatic rings. The van der Waals surface area contributed by atoms with E-state index in [1.54, 1.807) is 0 Å². The molecule has 20 heavy (non-hydrogen) atoms. The van der Waals surface area contributed by atoms with Crippen molar-refractivity contribution in [3.8, 4) is 0 Å². The Balaban J connectivity index is 2.06. The van der Waals surface area contributed by atoms with Crippen molar-refractivity contribution < 1.29 is 14.7 Å². The van der Waals surface area contributed by atoms with Gasteiger partial charge in [0.2, 0.25) is 0 Å². The third-order valence-electron chi connectivity index (χ3n) is 3.71. The monoisotopic (exact) mass is 276 g/mol. The maximum atomic E-state index is 12.2. The van der Waals surface area contributed by atoms with Crippen LogP contribution in [0, 0.1) is 12.8 Å². The van der Waals surface area contributed by atoms with Crippen molar-refractivity contribution >= 4 is 17.7 Å². The summed E-state index contributed by atoms with van der Waals surface area (Å²) < 4.78 is 0. The first-order valence-electron chi connectivity index (χ1n) is 6.84. The van der Waals surface area contributed by atoms with E-state index in [4.69, 9.17) is 0 Å². The van der Waals surface area contributed by atoms with Crippen molar-refractivity contribution in [3.63, 3.8) is 0 Å². The number of carbonyl (C=O) groups excluding carboxylic acids is 1. The van der Waals surface area contributed by atoms with E-state index in [0.29, 0.717) is 24.6 Å². The Kier molecular flexibility index (Phi) is 4.27. The summed E-state index contributed by atoms with van der Waals surface area (Å²) in [4.78, 5) is 24.9. The number of carboxylic acids is 1. The molecule has 0 aliphatic carbocycles. The fourth-order valence-electron chi connectivity index (χ4n) is 2.45. The molecule has 0 aromatic heterocycles. The number of benzene rings is 1. The molecule has 0 spiro atoms. The molecular formula is C15H20N2O3. The lowest BCUT2D eigenvalue weighted by atomic mass is 9.93. The molecule has 2 N–H and O–H groups in total. The highest BCUT2D eigenvalue weighted by atomic mass is 16.4. The fourth-order valence-corrected chi connectivity index (χ4v) is 2.45. The minimum Gasteiger partial charge on any atom is -0.480 e. The van der Waals surface area contributed by atoms with Crippen LogP contribution in [0.4, 0.5) is 10.5 Å². The summed E-state index contributed by atoms with van der Waals surface area (Å²) in [5, 5.41) is 12.0. The quantitative estimate of drug-likeness (QED) is 0.872. The Morgan fingerprint density at radius 2 is 1.95 bits per heavy atom. The third-order valence-corrected chi connectivity index (χ3v) is 3.71. The van der Waals surface area contributed by atoms with E-state index < -0.39 is 12.0 Å². The molecule has 2 atom stereocenters. The number of rotatable bonds is 2. The van der Waals surface area contributed by atoms with Crippen LogP contribution in [0.3, 0.4) is 0 Å². The van der Waals surface area contributed by atoms with Crippen LogP contribution in [0.2, 0.25) is 0 Å². The Morgan fingerprint density at radius 1 is 1.30 bits per heavy atom. The first-order chi connectivity index (χ1) is 9.47. The number of likely N-dealkylation sites (tertiary alicyclic amines) is 1. The maximum absolute atomic E-state index is 12.2. The second-order valence-electron chi connectivity index (χ2n) is 5.47. The number of urea groups is 1.